The van der Waals surface area contributed by atoms with E-state index in [2.05, 4.69) is 13.4 Å². The van der Waals surface area contributed by atoms with Crippen LogP contribution in [0, 0.1) is 6.92 Å². The third-order valence-electron chi connectivity index (χ3n) is 1.05. The monoisotopic (exact) mass is 240 g/mol. The number of nitrogens with zero attached hydrogens (tertiary/aromatic N) is 1. The van der Waals surface area contributed by atoms with E-state index in [4.69, 9.17) is 5.73 Å². The van der Waals surface area contributed by atoms with Crippen molar-refractivity contribution in [1.29, 1.82) is 0 Å². The molecule has 1 aromatic heterocycles. The molecule has 0 atom stereocenters. The summed E-state index contributed by atoms with van der Waals surface area (Å²) in [7, 11) is -1.60. The molecule has 6 nitrogen and oxygen atoms in total. The highest BCUT2D eigenvalue weighted by atomic mass is 32.3. The standard InChI is InChI=1S/C4H6N2S.C2H6O4S/c1-3-2-7-4(5)6-3;1-5-7(3,4)6-2/h2H,1H3,(H2,5,6);1-2H3. The van der Waals surface area contributed by atoms with Crippen LogP contribution in [0.1, 0.15) is 5.69 Å². The van der Waals surface area contributed by atoms with E-state index in [1.807, 2.05) is 12.3 Å². The molecular weight excluding hydrogens is 228 g/mol. The fourth-order valence-electron chi connectivity index (χ4n) is 0.440. The zero-order valence-corrected chi connectivity index (χ0v) is 9.68. The van der Waals surface area contributed by atoms with Crippen LogP contribution >= 0.6 is 11.3 Å². The number of rotatable bonds is 2. The van der Waals surface area contributed by atoms with Gasteiger partial charge < -0.3 is 5.73 Å². The molecule has 14 heavy (non-hydrogen) atoms. The summed E-state index contributed by atoms with van der Waals surface area (Å²) in [6, 6.07) is 0. The molecule has 1 aromatic rings. The molecule has 8 heteroatoms. The van der Waals surface area contributed by atoms with Crippen molar-refractivity contribution in [3.8, 4) is 0 Å². The van der Waals surface area contributed by atoms with Crippen LogP contribution in [0.4, 0.5) is 5.13 Å². The Hall–Kier alpha value is -0.700. The number of hydrogen-bond acceptors (Lipinski definition) is 7. The second-order valence-corrected chi connectivity index (χ2v) is 4.44. The Kier molecular flexibility index (Phi) is 5.62. The Balaban J connectivity index is 0.000000241. The van der Waals surface area contributed by atoms with Gasteiger partial charge in [-0.05, 0) is 6.92 Å². The molecule has 0 fully saturated rings. The summed E-state index contributed by atoms with van der Waals surface area (Å²) in [6.07, 6.45) is 0. The van der Waals surface area contributed by atoms with Crippen molar-refractivity contribution >= 4 is 26.9 Å². The molecule has 2 N–H and O–H groups in total. The molecule has 0 saturated heterocycles. The topological polar surface area (TPSA) is 91.5 Å². The lowest BCUT2D eigenvalue weighted by Crippen LogP contribution is -2.02. The van der Waals surface area contributed by atoms with Crippen LogP contribution in [-0.2, 0) is 18.8 Å². The van der Waals surface area contributed by atoms with E-state index in [-0.39, 0.29) is 0 Å². The van der Waals surface area contributed by atoms with Gasteiger partial charge in [0.2, 0.25) is 0 Å². The number of nitrogen functional groups attached to an aromatic ring is 1. The second-order valence-electron chi connectivity index (χ2n) is 2.07. The van der Waals surface area contributed by atoms with Crippen LogP contribution in [0.15, 0.2) is 5.38 Å². The van der Waals surface area contributed by atoms with Gasteiger partial charge in [0.1, 0.15) is 0 Å². The fraction of sp³-hybridized carbons (Fsp3) is 0.500. The van der Waals surface area contributed by atoms with Gasteiger partial charge in [0.05, 0.1) is 19.9 Å². The van der Waals surface area contributed by atoms with Crippen LogP contribution in [0.2, 0.25) is 0 Å². The number of hydrogen-bond donors (Lipinski definition) is 1. The van der Waals surface area contributed by atoms with Crippen molar-refractivity contribution in [1.82, 2.24) is 4.98 Å². The highest BCUT2D eigenvalue weighted by Crippen LogP contribution is 2.08. The van der Waals surface area contributed by atoms with Gasteiger partial charge in [-0.1, -0.05) is 0 Å². The Morgan fingerprint density at radius 2 is 1.93 bits per heavy atom. The highest BCUT2D eigenvalue weighted by Gasteiger charge is 2.01. The van der Waals surface area contributed by atoms with Crippen molar-refractivity contribution < 1.29 is 16.8 Å². The van der Waals surface area contributed by atoms with Gasteiger partial charge in [0.15, 0.2) is 5.13 Å². The predicted molar refractivity (Wildman–Crippen MR) is 54.2 cm³/mol. The van der Waals surface area contributed by atoms with Crippen LogP contribution < -0.4 is 5.73 Å². The normalized spacial score (nSPS) is 10.5. The zero-order chi connectivity index (χ0) is 11.2. The fourth-order valence-corrected chi connectivity index (χ4v) is 1.12. The summed E-state index contributed by atoms with van der Waals surface area (Å²) >= 11 is 1.47. The van der Waals surface area contributed by atoms with Crippen molar-refractivity contribution in [2.24, 2.45) is 0 Å². The lowest BCUT2D eigenvalue weighted by molar-refractivity contribution is 0.286. The first-order valence-corrected chi connectivity index (χ1v) is 5.66. The molecule has 0 unspecified atom stereocenters. The summed E-state index contributed by atoms with van der Waals surface area (Å²) in [5, 5.41) is 2.58. The minimum Gasteiger partial charge on any atom is -0.375 e. The summed E-state index contributed by atoms with van der Waals surface area (Å²) < 4.78 is 27.5. The van der Waals surface area contributed by atoms with E-state index in [1.165, 1.54) is 11.3 Å². The Bertz CT molecular complexity index is 333. The third kappa shape index (κ3) is 5.86. The van der Waals surface area contributed by atoms with E-state index in [0.29, 0.717) is 5.13 Å². The predicted octanol–water partition coefficient (Wildman–Crippen LogP) is 0.558. The number of aryl methyl sites for hydroxylation is 1. The van der Waals surface area contributed by atoms with Crippen molar-refractivity contribution in [3.05, 3.63) is 11.1 Å². The molecule has 82 valence electrons. The minimum absolute atomic E-state index is 0.650. The zero-order valence-electron chi connectivity index (χ0n) is 8.05. The maximum absolute atomic E-state index is 9.92. The quantitative estimate of drug-likeness (QED) is 0.812. The van der Waals surface area contributed by atoms with E-state index < -0.39 is 10.4 Å². The Labute approximate surface area is 87.0 Å². The lowest BCUT2D eigenvalue weighted by Gasteiger charge is -1.91. The van der Waals surface area contributed by atoms with E-state index in [1.54, 1.807) is 0 Å². The molecule has 0 aliphatic rings. The van der Waals surface area contributed by atoms with Gasteiger partial charge in [0.25, 0.3) is 0 Å². The van der Waals surface area contributed by atoms with Crippen LogP contribution in [0.25, 0.3) is 0 Å². The van der Waals surface area contributed by atoms with Crippen molar-refractivity contribution in [2.75, 3.05) is 20.0 Å². The summed E-state index contributed by atoms with van der Waals surface area (Å²) in [5.41, 5.74) is 6.29. The maximum atomic E-state index is 9.92. The van der Waals surface area contributed by atoms with Gasteiger partial charge in [-0.2, -0.15) is 8.42 Å². The number of nitrogens with two attached hydrogens (primary N) is 1. The molecule has 1 heterocycles. The van der Waals surface area contributed by atoms with E-state index in [0.717, 1.165) is 19.9 Å². The average Bonchev–Trinajstić information content (AvgIpc) is 2.51. The number of thiazole rings is 1. The van der Waals surface area contributed by atoms with Crippen LogP contribution in [0.5, 0.6) is 0 Å². The first kappa shape index (κ1) is 13.3. The second kappa shape index (κ2) is 5.91. The van der Waals surface area contributed by atoms with Crippen LogP contribution in [0.3, 0.4) is 0 Å². The average molecular weight is 240 g/mol. The molecule has 0 aromatic carbocycles. The molecule has 0 aliphatic carbocycles. The Morgan fingerprint density at radius 3 is 2.00 bits per heavy atom. The molecule has 0 spiro atoms. The third-order valence-corrected chi connectivity index (χ3v) is 2.65. The molecule has 0 bridgehead atoms. The van der Waals surface area contributed by atoms with Gasteiger partial charge in [-0.3, -0.25) is 8.37 Å². The first-order valence-electron chi connectivity index (χ1n) is 3.45. The largest absolute Gasteiger partial charge is 0.399 e. The lowest BCUT2D eigenvalue weighted by atomic mass is 10.6. The molecule has 0 amide bonds. The minimum atomic E-state index is -3.66. The first-order chi connectivity index (χ1) is 6.41. The summed E-state index contributed by atoms with van der Waals surface area (Å²) in [5.74, 6) is 0. The highest BCUT2D eigenvalue weighted by molar-refractivity contribution is 7.81. The van der Waals surface area contributed by atoms with E-state index >= 15 is 0 Å². The SMILES string of the molecule is COS(=O)(=O)OC.Cc1csc(N)n1. The molecule has 0 saturated carbocycles. The molecule has 0 radical (unpaired) electrons. The summed E-state index contributed by atoms with van der Waals surface area (Å²) in [4.78, 5) is 3.91. The Morgan fingerprint density at radius 1 is 1.43 bits per heavy atom. The van der Waals surface area contributed by atoms with Crippen molar-refractivity contribution in [3.63, 3.8) is 0 Å². The molecule has 0 aliphatic heterocycles. The van der Waals surface area contributed by atoms with Gasteiger partial charge in [0, 0.05) is 5.38 Å². The molecular formula is C6H12N2O4S2. The van der Waals surface area contributed by atoms with Gasteiger partial charge in [-0.15, -0.1) is 11.3 Å². The maximum Gasteiger partial charge on any atom is 0.399 e. The number of anilines is 1. The van der Waals surface area contributed by atoms with E-state index in [9.17, 15) is 8.42 Å². The van der Waals surface area contributed by atoms with Crippen LogP contribution in [-0.4, -0.2) is 27.6 Å². The smallest absolute Gasteiger partial charge is 0.375 e. The van der Waals surface area contributed by atoms with Crippen molar-refractivity contribution in [2.45, 2.75) is 6.92 Å². The molecule has 1 rings (SSSR count). The number of aromatic nitrogens is 1. The van der Waals surface area contributed by atoms with Gasteiger partial charge >= 0.3 is 10.4 Å². The summed E-state index contributed by atoms with van der Waals surface area (Å²) in [6.45, 7) is 1.92. The van der Waals surface area contributed by atoms with Gasteiger partial charge in [-0.25, -0.2) is 4.98 Å².